The average molecular weight is 328 g/mol. The predicted molar refractivity (Wildman–Crippen MR) is 78.5 cm³/mol. The van der Waals surface area contributed by atoms with Crippen LogP contribution in [0, 0.1) is 10.1 Å². The monoisotopic (exact) mass is 328 g/mol. The number of benzene rings is 1. The van der Waals surface area contributed by atoms with Crippen molar-refractivity contribution in [1.82, 2.24) is 9.71 Å². The quantitative estimate of drug-likeness (QED) is 0.465. The molecule has 0 aliphatic heterocycles. The van der Waals surface area contributed by atoms with Gasteiger partial charge in [0.25, 0.3) is 5.69 Å². The fourth-order valence-electron chi connectivity index (χ4n) is 1.64. The van der Waals surface area contributed by atoms with Crippen LogP contribution in [0.15, 0.2) is 34.7 Å². The lowest BCUT2D eigenvalue weighted by molar-refractivity contribution is -0.384. The van der Waals surface area contributed by atoms with E-state index in [1.165, 1.54) is 11.3 Å². The highest BCUT2D eigenvalue weighted by Gasteiger charge is 2.19. The van der Waals surface area contributed by atoms with Gasteiger partial charge in [0.05, 0.1) is 15.6 Å². The van der Waals surface area contributed by atoms with E-state index in [0.717, 1.165) is 23.2 Å². The highest BCUT2D eigenvalue weighted by molar-refractivity contribution is 7.89. The van der Waals surface area contributed by atoms with Crippen molar-refractivity contribution >= 4 is 32.7 Å². The first-order chi connectivity index (χ1) is 9.90. The van der Waals surface area contributed by atoms with E-state index in [2.05, 4.69) is 9.71 Å². The van der Waals surface area contributed by atoms with Crippen LogP contribution in [0.4, 0.5) is 11.4 Å². The molecule has 0 spiro atoms. The van der Waals surface area contributed by atoms with E-state index in [4.69, 9.17) is 5.73 Å². The van der Waals surface area contributed by atoms with E-state index in [9.17, 15) is 18.5 Å². The number of non-ortho nitro benzene ring substituents is 1. The number of nitrogens with two attached hydrogens (primary N) is 1. The SMILES string of the molecule is Nc1cc([N+](=O)[O-])ccc1S(=O)(=O)NCCc1nccs1. The highest BCUT2D eigenvalue weighted by Crippen LogP contribution is 2.23. The Hall–Kier alpha value is -2.04. The second-order valence-corrected chi connectivity index (χ2v) is 6.77. The number of hydrogen-bond donors (Lipinski definition) is 2. The number of nitrogens with one attached hydrogen (secondary N) is 1. The van der Waals surface area contributed by atoms with Crippen molar-refractivity contribution in [3.63, 3.8) is 0 Å². The standard InChI is InChI=1S/C11H12N4O4S2/c12-9-7-8(15(16)17)1-2-10(9)21(18,19)14-4-3-11-13-5-6-20-11/h1-2,5-7,14H,3-4,12H2. The molecular formula is C11H12N4O4S2. The Kier molecular flexibility index (Phi) is 4.50. The van der Waals surface area contributed by atoms with Gasteiger partial charge >= 0.3 is 0 Å². The van der Waals surface area contributed by atoms with Gasteiger partial charge in [0.2, 0.25) is 10.0 Å². The van der Waals surface area contributed by atoms with Crippen LogP contribution in [0.3, 0.4) is 0 Å². The third-order valence-electron chi connectivity index (χ3n) is 2.61. The number of sulfonamides is 1. The van der Waals surface area contributed by atoms with Gasteiger partial charge in [-0.1, -0.05) is 0 Å². The highest BCUT2D eigenvalue weighted by atomic mass is 32.2. The van der Waals surface area contributed by atoms with Gasteiger partial charge in [0.1, 0.15) is 4.90 Å². The smallest absolute Gasteiger partial charge is 0.271 e. The van der Waals surface area contributed by atoms with E-state index in [0.29, 0.717) is 6.42 Å². The Morgan fingerprint density at radius 2 is 2.19 bits per heavy atom. The molecular weight excluding hydrogens is 316 g/mol. The molecule has 0 unspecified atom stereocenters. The van der Waals surface area contributed by atoms with E-state index >= 15 is 0 Å². The molecule has 21 heavy (non-hydrogen) atoms. The molecule has 3 N–H and O–H groups in total. The second kappa shape index (κ2) is 6.16. The minimum Gasteiger partial charge on any atom is -0.397 e. The lowest BCUT2D eigenvalue weighted by Crippen LogP contribution is -2.26. The van der Waals surface area contributed by atoms with E-state index in [1.54, 1.807) is 11.6 Å². The molecule has 0 bridgehead atoms. The van der Waals surface area contributed by atoms with Crippen molar-refractivity contribution in [1.29, 1.82) is 0 Å². The summed E-state index contributed by atoms with van der Waals surface area (Å²) in [6, 6.07) is 3.25. The van der Waals surface area contributed by atoms with Gasteiger partial charge in [0, 0.05) is 36.7 Å². The fourth-order valence-corrected chi connectivity index (χ4v) is 3.40. The summed E-state index contributed by atoms with van der Waals surface area (Å²) in [5, 5.41) is 13.2. The minimum atomic E-state index is -3.81. The number of nitrogens with zero attached hydrogens (tertiary/aromatic N) is 2. The molecule has 0 amide bonds. The van der Waals surface area contributed by atoms with Crippen molar-refractivity contribution < 1.29 is 13.3 Å². The number of hydrogen-bond acceptors (Lipinski definition) is 7. The topological polar surface area (TPSA) is 128 Å². The van der Waals surface area contributed by atoms with E-state index in [-0.39, 0.29) is 22.8 Å². The summed E-state index contributed by atoms with van der Waals surface area (Å²) in [7, 11) is -3.81. The third kappa shape index (κ3) is 3.74. The summed E-state index contributed by atoms with van der Waals surface area (Å²) in [4.78, 5) is 13.8. The van der Waals surface area contributed by atoms with Crippen LogP contribution in [0.5, 0.6) is 0 Å². The van der Waals surface area contributed by atoms with Gasteiger partial charge in [-0.3, -0.25) is 10.1 Å². The minimum absolute atomic E-state index is 0.161. The Morgan fingerprint density at radius 3 is 2.76 bits per heavy atom. The first kappa shape index (κ1) is 15.4. The first-order valence-electron chi connectivity index (χ1n) is 5.82. The summed E-state index contributed by atoms with van der Waals surface area (Å²) >= 11 is 1.43. The lowest BCUT2D eigenvalue weighted by Gasteiger charge is -2.08. The van der Waals surface area contributed by atoms with E-state index in [1.807, 2.05) is 0 Å². The normalized spacial score (nSPS) is 11.4. The summed E-state index contributed by atoms with van der Waals surface area (Å²) in [5.41, 5.74) is 5.16. The molecule has 112 valence electrons. The third-order valence-corrected chi connectivity index (χ3v) is 4.98. The van der Waals surface area contributed by atoms with Crippen LogP contribution in [0.2, 0.25) is 0 Å². The number of thiazole rings is 1. The van der Waals surface area contributed by atoms with Crippen LogP contribution < -0.4 is 10.5 Å². The molecule has 2 aromatic rings. The number of anilines is 1. The lowest BCUT2D eigenvalue weighted by atomic mass is 10.3. The van der Waals surface area contributed by atoms with Crippen molar-refractivity contribution in [2.24, 2.45) is 0 Å². The van der Waals surface area contributed by atoms with Crippen LogP contribution in [0.25, 0.3) is 0 Å². The molecule has 0 aliphatic carbocycles. The summed E-state index contributed by atoms with van der Waals surface area (Å²) in [5.74, 6) is 0. The number of rotatable bonds is 6. The van der Waals surface area contributed by atoms with Crippen LogP contribution >= 0.6 is 11.3 Å². The first-order valence-corrected chi connectivity index (χ1v) is 8.18. The predicted octanol–water partition coefficient (Wildman–Crippen LogP) is 1.15. The van der Waals surface area contributed by atoms with Crippen LogP contribution in [-0.2, 0) is 16.4 Å². The van der Waals surface area contributed by atoms with Gasteiger partial charge in [-0.25, -0.2) is 18.1 Å². The van der Waals surface area contributed by atoms with Crippen molar-refractivity contribution in [2.45, 2.75) is 11.3 Å². The molecule has 1 heterocycles. The molecule has 0 fully saturated rings. The number of nitro groups is 1. The van der Waals surface area contributed by atoms with Gasteiger partial charge in [0.15, 0.2) is 0 Å². The Balaban J connectivity index is 2.10. The Morgan fingerprint density at radius 1 is 1.43 bits per heavy atom. The summed E-state index contributed by atoms with van der Waals surface area (Å²) in [6.07, 6.45) is 2.10. The van der Waals surface area contributed by atoms with Crippen LogP contribution in [0.1, 0.15) is 5.01 Å². The maximum absolute atomic E-state index is 12.1. The van der Waals surface area contributed by atoms with E-state index < -0.39 is 14.9 Å². The number of aromatic nitrogens is 1. The molecule has 1 aromatic carbocycles. The fraction of sp³-hybridized carbons (Fsp3) is 0.182. The molecule has 0 atom stereocenters. The maximum Gasteiger partial charge on any atom is 0.271 e. The maximum atomic E-state index is 12.1. The molecule has 0 saturated heterocycles. The van der Waals surface area contributed by atoms with Gasteiger partial charge < -0.3 is 5.73 Å². The summed E-state index contributed by atoms with van der Waals surface area (Å²) in [6.45, 7) is 0.173. The number of nitro benzene ring substituents is 1. The molecule has 2 rings (SSSR count). The second-order valence-electron chi connectivity index (χ2n) is 4.05. The average Bonchev–Trinajstić information content (AvgIpc) is 2.91. The van der Waals surface area contributed by atoms with Gasteiger partial charge in [-0.2, -0.15) is 0 Å². The van der Waals surface area contributed by atoms with Gasteiger partial charge in [-0.15, -0.1) is 11.3 Å². The van der Waals surface area contributed by atoms with Crippen molar-refractivity contribution in [3.8, 4) is 0 Å². The van der Waals surface area contributed by atoms with Crippen molar-refractivity contribution in [2.75, 3.05) is 12.3 Å². The Bertz CT molecular complexity index is 744. The molecule has 0 aliphatic rings. The molecule has 0 radical (unpaired) electrons. The molecule has 1 aromatic heterocycles. The zero-order valence-electron chi connectivity index (χ0n) is 10.7. The summed E-state index contributed by atoms with van der Waals surface area (Å²) < 4.78 is 26.6. The largest absolute Gasteiger partial charge is 0.397 e. The molecule has 10 heteroatoms. The molecule has 0 saturated carbocycles. The Labute approximate surface area is 124 Å². The van der Waals surface area contributed by atoms with Gasteiger partial charge in [-0.05, 0) is 6.07 Å². The van der Waals surface area contributed by atoms with Crippen LogP contribution in [-0.4, -0.2) is 24.9 Å². The zero-order chi connectivity index (χ0) is 15.5. The molecule has 8 nitrogen and oxygen atoms in total. The van der Waals surface area contributed by atoms with Crippen molar-refractivity contribution in [3.05, 3.63) is 44.9 Å². The number of nitrogen functional groups attached to an aromatic ring is 1. The zero-order valence-corrected chi connectivity index (χ0v) is 12.4.